The molecule has 0 saturated heterocycles. The third-order valence-corrected chi connectivity index (χ3v) is 3.45. The Hall–Kier alpha value is -1.87. The van der Waals surface area contributed by atoms with Gasteiger partial charge >= 0.3 is 0 Å². The largest absolute Gasteiger partial charge is 0.289 e. The Morgan fingerprint density at radius 2 is 2.05 bits per heavy atom. The Balaban J connectivity index is 2.00. The van der Waals surface area contributed by atoms with Crippen LogP contribution in [0.5, 0.6) is 0 Å². The lowest BCUT2D eigenvalue weighted by Gasteiger charge is -2.05. The SMILES string of the molecule is CC(C)Cc1ccc(C(=O)C=Cc2cnn(CCCl)c2)cc1. The van der Waals surface area contributed by atoms with Gasteiger partial charge in [0.25, 0.3) is 0 Å². The molecule has 3 nitrogen and oxygen atoms in total. The van der Waals surface area contributed by atoms with Gasteiger partial charge in [-0.25, -0.2) is 0 Å². The van der Waals surface area contributed by atoms with Crippen molar-refractivity contribution in [3.63, 3.8) is 0 Å². The molecule has 0 saturated carbocycles. The molecular weight excluding hydrogens is 296 g/mol. The molecule has 0 fully saturated rings. The number of carbonyl (C=O) groups is 1. The third-order valence-electron chi connectivity index (χ3n) is 3.28. The van der Waals surface area contributed by atoms with Crippen molar-refractivity contribution in [1.29, 1.82) is 0 Å². The Morgan fingerprint density at radius 3 is 2.68 bits per heavy atom. The average Bonchev–Trinajstić information content (AvgIpc) is 2.93. The van der Waals surface area contributed by atoms with Crippen molar-refractivity contribution >= 4 is 23.5 Å². The Morgan fingerprint density at radius 1 is 1.32 bits per heavy atom. The van der Waals surface area contributed by atoms with E-state index in [-0.39, 0.29) is 5.78 Å². The van der Waals surface area contributed by atoms with Crippen molar-refractivity contribution in [3.8, 4) is 0 Å². The molecule has 0 N–H and O–H groups in total. The average molecular weight is 317 g/mol. The fourth-order valence-corrected chi connectivity index (χ4v) is 2.39. The fraction of sp³-hybridized carbons (Fsp3) is 0.333. The molecule has 0 aliphatic rings. The van der Waals surface area contributed by atoms with Gasteiger partial charge in [-0.2, -0.15) is 5.10 Å². The summed E-state index contributed by atoms with van der Waals surface area (Å²) in [4.78, 5) is 12.1. The van der Waals surface area contributed by atoms with E-state index in [1.807, 2.05) is 30.5 Å². The van der Waals surface area contributed by atoms with E-state index in [2.05, 4.69) is 18.9 Å². The smallest absolute Gasteiger partial charge is 0.185 e. The van der Waals surface area contributed by atoms with Crippen LogP contribution in [-0.4, -0.2) is 21.4 Å². The Bertz CT molecular complexity index is 641. The number of rotatable bonds is 7. The molecule has 0 aliphatic carbocycles. The van der Waals surface area contributed by atoms with Crippen LogP contribution in [-0.2, 0) is 13.0 Å². The number of alkyl halides is 1. The molecule has 0 bridgehead atoms. The maximum absolute atomic E-state index is 12.1. The highest BCUT2D eigenvalue weighted by atomic mass is 35.5. The van der Waals surface area contributed by atoms with Gasteiger partial charge < -0.3 is 0 Å². The number of aryl methyl sites for hydroxylation is 1. The highest BCUT2D eigenvalue weighted by molar-refractivity contribution is 6.17. The number of carbonyl (C=O) groups excluding carboxylic acids is 1. The van der Waals surface area contributed by atoms with Crippen molar-refractivity contribution in [2.24, 2.45) is 5.92 Å². The zero-order chi connectivity index (χ0) is 15.9. The number of ketones is 1. The van der Waals surface area contributed by atoms with Gasteiger partial charge in [-0.1, -0.05) is 38.1 Å². The van der Waals surface area contributed by atoms with E-state index < -0.39 is 0 Å². The lowest BCUT2D eigenvalue weighted by molar-refractivity contribution is 0.104. The summed E-state index contributed by atoms with van der Waals surface area (Å²) >= 11 is 5.66. The highest BCUT2D eigenvalue weighted by Gasteiger charge is 2.03. The fourth-order valence-electron chi connectivity index (χ4n) is 2.22. The minimum Gasteiger partial charge on any atom is -0.289 e. The van der Waals surface area contributed by atoms with Crippen LogP contribution in [0.3, 0.4) is 0 Å². The summed E-state index contributed by atoms with van der Waals surface area (Å²) in [6.07, 6.45) is 7.99. The second-order valence-corrected chi connectivity index (χ2v) is 6.10. The van der Waals surface area contributed by atoms with E-state index in [0.717, 1.165) is 12.0 Å². The second-order valence-electron chi connectivity index (χ2n) is 5.72. The summed E-state index contributed by atoms with van der Waals surface area (Å²) in [7, 11) is 0. The van der Waals surface area contributed by atoms with Gasteiger partial charge in [0, 0.05) is 23.2 Å². The summed E-state index contributed by atoms with van der Waals surface area (Å²) in [5.74, 6) is 1.14. The molecule has 1 aromatic heterocycles. The van der Waals surface area contributed by atoms with Gasteiger partial charge in [-0.15, -0.1) is 11.6 Å². The summed E-state index contributed by atoms with van der Waals surface area (Å²) < 4.78 is 1.76. The van der Waals surface area contributed by atoms with Crippen LogP contribution < -0.4 is 0 Å². The lowest BCUT2D eigenvalue weighted by Crippen LogP contribution is -1.98. The van der Waals surface area contributed by atoms with Gasteiger partial charge in [0.05, 0.1) is 12.7 Å². The monoisotopic (exact) mass is 316 g/mol. The Kier molecular flexibility index (Phi) is 5.96. The molecule has 2 aromatic rings. The molecular formula is C18H21ClN2O. The minimum absolute atomic E-state index is 0.00110. The molecule has 0 unspecified atom stereocenters. The third kappa shape index (κ3) is 4.85. The predicted molar refractivity (Wildman–Crippen MR) is 91.3 cm³/mol. The predicted octanol–water partition coefficient (Wildman–Crippen LogP) is 4.22. The van der Waals surface area contributed by atoms with Crippen LogP contribution in [0.1, 0.15) is 35.3 Å². The second kappa shape index (κ2) is 7.95. The first-order valence-corrected chi connectivity index (χ1v) is 8.01. The number of hydrogen-bond acceptors (Lipinski definition) is 2. The first-order chi connectivity index (χ1) is 10.6. The van der Waals surface area contributed by atoms with Crippen LogP contribution in [0.15, 0.2) is 42.7 Å². The molecule has 0 radical (unpaired) electrons. The molecule has 0 spiro atoms. The number of allylic oxidation sites excluding steroid dienone is 1. The van der Waals surface area contributed by atoms with Crippen LogP contribution >= 0.6 is 11.6 Å². The zero-order valence-electron chi connectivity index (χ0n) is 13.0. The summed E-state index contributed by atoms with van der Waals surface area (Å²) in [6, 6.07) is 7.84. The van der Waals surface area contributed by atoms with Crippen LogP contribution in [0, 0.1) is 5.92 Å². The van der Waals surface area contributed by atoms with Crippen LogP contribution in [0.25, 0.3) is 6.08 Å². The van der Waals surface area contributed by atoms with Crippen LogP contribution in [0.2, 0.25) is 0 Å². The highest BCUT2D eigenvalue weighted by Crippen LogP contribution is 2.11. The molecule has 0 aliphatic heterocycles. The quantitative estimate of drug-likeness (QED) is 0.435. The van der Waals surface area contributed by atoms with E-state index in [9.17, 15) is 4.79 Å². The van der Waals surface area contributed by atoms with Crippen molar-refractivity contribution in [3.05, 3.63) is 59.4 Å². The summed E-state index contributed by atoms with van der Waals surface area (Å²) in [5.41, 5.74) is 2.87. The van der Waals surface area contributed by atoms with Gasteiger partial charge in [-0.05, 0) is 30.1 Å². The normalized spacial score (nSPS) is 11.5. The molecule has 1 aromatic carbocycles. The van der Waals surface area contributed by atoms with Gasteiger partial charge in [0.15, 0.2) is 5.78 Å². The van der Waals surface area contributed by atoms with Gasteiger partial charge in [0.2, 0.25) is 0 Å². The number of benzene rings is 1. The van der Waals surface area contributed by atoms with E-state index in [1.54, 1.807) is 23.0 Å². The van der Waals surface area contributed by atoms with E-state index in [0.29, 0.717) is 23.9 Å². The molecule has 0 amide bonds. The maximum atomic E-state index is 12.1. The first kappa shape index (κ1) is 16.5. The lowest BCUT2D eigenvalue weighted by atomic mass is 10.0. The van der Waals surface area contributed by atoms with Crippen molar-refractivity contribution in [2.45, 2.75) is 26.8 Å². The summed E-state index contributed by atoms with van der Waals surface area (Å²) in [6.45, 7) is 5.04. The topological polar surface area (TPSA) is 34.9 Å². The Labute approximate surface area is 136 Å². The molecule has 0 atom stereocenters. The maximum Gasteiger partial charge on any atom is 0.185 e. The minimum atomic E-state index is 0.00110. The van der Waals surface area contributed by atoms with E-state index >= 15 is 0 Å². The number of nitrogens with zero attached hydrogens (tertiary/aromatic N) is 2. The molecule has 116 valence electrons. The van der Waals surface area contributed by atoms with E-state index in [4.69, 9.17) is 11.6 Å². The van der Waals surface area contributed by atoms with Crippen molar-refractivity contribution in [2.75, 3.05) is 5.88 Å². The van der Waals surface area contributed by atoms with Crippen molar-refractivity contribution in [1.82, 2.24) is 9.78 Å². The number of halogens is 1. The molecule has 1 heterocycles. The van der Waals surface area contributed by atoms with Gasteiger partial charge in [-0.3, -0.25) is 9.48 Å². The standard InChI is InChI=1S/C18H21ClN2O/c1-14(2)11-15-3-6-17(7-4-15)18(22)8-5-16-12-20-21(13-16)10-9-19/h3-8,12-14H,9-11H2,1-2H3. The molecule has 4 heteroatoms. The summed E-state index contributed by atoms with van der Waals surface area (Å²) in [5, 5.41) is 4.17. The van der Waals surface area contributed by atoms with Crippen LogP contribution in [0.4, 0.5) is 0 Å². The van der Waals surface area contributed by atoms with Gasteiger partial charge in [0.1, 0.15) is 0 Å². The van der Waals surface area contributed by atoms with E-state index in [1.165, 1.54) is 5.56 Å². The molecule has 2 rings (SSSR count). The number of aromatic nitrogens is 2. The van der Waals surface area contributed by atoms with Crippen molar-refractivity contribution < 1.29 is 4.79 Å². The molecule has 22 heavy (non-hydrogen) atoms. The first-order valence-electron chi connectivity index (χ1n) is 7.48. The number of hydrogen-bond donors (Lipinski definition) is 0. The zero-order valence-corrected chi connectivity index (χ0v) is 13.8.